The van der Waals surface area contributed by atoms with E-state index in [2.05, 4.69) is 36.9 Å². The Morgan fingerprint density at radius 1 is 1.29 bits per heavy atom. The van der Waals surface area contributed by atoms with Crippen LogP contribution in [0.15, 0.2) is 18.2 Å². The molecular formula is C15H24N2. The van der Waals surface area contributed by atoms with Crippen LogP contribution in [0.2, 0.25) is 0 Å². The van der Waals surface area contributed by atoms with Crippen molar-refractivity contribution in [1.82, 2.24) is 0 Å². The number of benzene rings is 1. The van der Waals surface area contributed by atoms with Crippen LogP contribution < -0.4 is 10.6 Å². The predicted molar refractivity (Wildman–Crippen MR) is 74.5 cm³/mol. The van der Waals surface area contributed by atoms with Crippen molar-refractivity contribution in [3.05, 3.63) is 29.3 Å². The van der Waals surface area contributed by atoms with Crippen molar-refractivity contribution >= 4 is 5.69 Å². The Morgan fingerprint density at radius 2 is 2.00 bits per heavy atom. The van der Waals surface area contributed by atoms with Crippen molar-refractivity contribution in [2.75, 3.05) is 24.5 Å². The number of anilines is 1. The molecular weight excluding hydrogens is 208 g/mol. The van der Waals surface area contributed by atoms with Gasteiger partial charge in [0.25, 0.3) is 0 Å². The molecule has 17 heavy (non-hydrogen) atoms. The van der Waals surface area contributed by atoms with E-state index in [1.54, 1.807) is 0 Å². The van der Waals surface area contributed by atoms with Crippen molar-refractivity contribution in [3.63, 3.8) is 0 Å². The first-order chi connectivity index (χ1) is 8.22. The fraction of sp³-hybridized carbons (Fsp3) is 0.600. The van der Waals surface area contributed by atoms with Gasteiger partial charge in [0.2, 0.25) is 0 Å². The highest BCUT2D eigenvalue weighted by atomic mass is 15.1. The van der Waals surface area contributed by atoms with E-state index >= 15 is 0 Å². The van der Waals surface area contributed by atoms with Crippen LogP contribution in [0.25, 0.3) is 0 Å². The first-order valence-corrected chi connectivity index (χ1v) is 6.73. The molecule has 1 saturated heterocycles. The normalized spacial score (nSPS) is 20.6. The average molecular weight is 232 g/mol. The Kier molecular flexibility index (Phi) is 4.06. The first-order valence-electron chi connectivity index (χ1n) is 6.73. The fourth-order valence-electron chi connectivity index (χ4n) is 3.04. The third-order valence-electron chi connectivity index (χ3n) is 3.85. The monoisotopic (exact) mass is 232 g/mol. The minimum absolute atomic E-state index is 0.785. The van der Waals surface area contributed by atoms with E-state index < -0.39 is 0 Å². The van der Waals surface area contributed by atoms with Gasteiger partial charge < -0.3 is 10.6 Å². The molecule has 0 aromatic heterocycles. The van der Waals surface area contributed by atoms with Crippen LogP contribution in [0.3, 0.4) is 0 Å². The highest BCUT2D eigenvalue weighted by molar-refractivity contribution is 5.59. The topological polar surface area (TPSA) is 29.3 Å². The van der Waals surface area contributed by atoms with Crippen molar-refractivity contribution < 1.29 is 0 Å². The summed E-state index contributed by atoms with van der Waals surface area (Å²) in [7, 11) is 0. The lowest BCUT2D eigenvalue weighted by molar-refractivity contribution is 0.395. The number of rotatable bonds is 3. The second-order valence-electron chi connectivity index (χ2n) is 5.27. The summed E-state index contributed by atoms with van der Waals surface area (Å²) in [4.78, 5) is 2.56. The SMILES string of the molecule is Cc1cccc(C)c1N1CCCC(CCN)C1. The summed E-state index contributed by atoms with van der Waals surface area (Å²) in [6, 6.07) is 6.58. The zero-order chi connectivity index (χ0) is 12.3. The summed E-state index contributed by atoms with van der Waals surface area (Å²) >= 11 is 0. The summed E-state index contributed by atoms with van der Waals surface area (Å²) in [5, 5.41) is 0. The van der Waals surface area contributed by atoms with Crippen LogP contribution in [0.5, 0.6) is 0 Å². The van der Waals surface area contributed by atoms with Gasteiger partial charge in [0.1, 0.15) is 0 Å². The molecule has 0 saturated carbocycles. The maximum absolute atomic E-state index is 5.68. The number of para-hydroxylation sites is 1. The quantitative estimate of drug-likeness (QED) is 0.868. The van der Waals surface area contributed by atoms with Crippen LogP contribution in [0.4, 0.5) is 5.69 Å². The summed E-state index contributed by atoms with van der Waals surface area (Å²) in [5.74, 6) is 0.785. The van der Waals surface area contributed by atoms with E-state index in [9.17, 15) is 0 Å². The maximum Gasteiger partial charge on any atom is 0.0425 e. The van der Waals surface area contributed by atoms with Crippen molar-refractivity contribution in [2.45, 2.75) is 33.1 Å². The second-order valence-corrected chi connectivity index (χ2v) is 5.27. The lowest BCUT2D eigenvalue weighted by atomic mass is 9.93. The molecule has 1 aromatic carbocycles. The minimum atomic E-state index is 0.785. The highest BCUT2D eigenvalue weighted by Gasteiger charge is 2.21. The van der Waals surface area contributed by atoms with Crippen LogP contribution in [0.1, 0.15) is 30.4 Å². The van der Waals surface area contributed by atoms with E-state index in [4.69, 9.17) is 5.73 Å². The number of nitrogens with two attached hydrogens (primary N) is 1. The third-order valence-corrected chi connectivity index (χ3v) is 3.85. The molecule has 0 amide bonds. The molecule has 1 unspecified atom stereocenters. The summed E-state index contributed by atoms with van der Waals surface area (Å²) in [6.45, 7) is 7.64. The molecule has 2 nitrogen and oxygen atoms in total. The van der Waals surface area contributed by atoms with Crippen molar-refractivity contribution in [2.24, 2.45) is 11.7 Å². The number of aryl methyl sites for hydroxylation is 2. The summed E-state index contributed by atoms with van der Waals surface area (Å²) < 4.78 is 0. The molecule has 94 valence electrons. The van der Waals surface area contributed by atoms with Gasteiger partial charge in [0, 0.05) is 18.8 Å². The van der Waals surface area contributed by atoms with Gasteiger partial charge in [0.15, 0.2) is 0 Å². The molecule has 0 aliphatic carbocycles. The molecule has 1 aromatic rings. The lowest BCUT2D eigenvalue weighted by Crippen LogP contribution is -2.37. The van der Waals surface area contributed by atoms with Crippen molar-refractivity contribution in [1.29, 1.82) is 0 Å². The fourth-order valence-corrected chi connectivity index (χ4v) is 3.04. The maximum atomic E-state index is 5.68. The number of hydrogen-bond donors (Lipinski definition) is 1. The second kappa shape index (κ2) is 5.54. The Balaban J connectivity index is 2.16. The van der Waals surface area contributed by atoms with Gasteiger partial charge in [-0.2, -0.15) is 0 Å². The zero-order valence-corrected chi connectivity index (χ0v) is 11.1. The van der Waals surface area contributed by atoms with Crippen LogP contribution >= 0.6 is 0 Å². The van der Waals surface area contributed by atoms with Gasteiger partial charge in [0.05, 0.1) is 0 Å². The van der Waals surface area contributed by atoms with Gasteiger partial charge >= 0.3 is 0 Å². The van der Waals surface area contributed by atoms with Crippen LogP contribution in [-0.4, -0.2) is 19.6 Å². The Hall–Kier alpha value is -1.02. The average Bonchev–Trinajstić information content (AvgIpc) is 2.30. The Bertz CT molecular complexity index is 351. The van der Waals surface area contributed by atoms with Gasteiger partial charge in [-0.3, -0.25) is 0 Å². The van der Waals surface area contributed by atoms with E-state index in [-0.39, 0.29) is 0 Å². The summed E-state index contributed by atoms with van der Waals surface area (Å²) in [6.07, 6.45) is 3.82. The molecule has 1 aliphatic rings. The van der Waals surface area contributed by atoms with E-state index in [1.165, 1.54) is 49.2 Å². The summed E-state index contributed by atoms with van der Waals surface area (Å²) in [5.41, 5.74) is 9.94. The lowest BCUT2D eigenvalue weighted by Gasteiger charge is -2.36. The Morgan fingerprint density at radius 3 is 2.65 bits per heavy atom. The van der Waals surface area contributed by atoms with E-state index in [0.29, 0.717) is 0 Å². The van der Waals surface area contributed by atoms with E-state index in [1.807, 2.05) is 0 Å². The molecule has 2 rings (SSSR count). The van der Waals surface area contributed by atoms with Gasteiger partial charge in [-0.15, -0.1) is 0 Å². The molecule has 0 bridgehead atoms. The van der Waals surface area contributed by atoms with Crippen molar-refractivity contribution in [3.8, 4) is 0 Å². The van der Waals surface area contributed by atoms with Gasteiger partial charge in [-0.05, 0) is 56.7 Å². The van der Waals surface area contributed by atoms with E-state index in [0.717, 1.165) is 12.5 Å². The number of nitrogens with zero attached hydrogens (tertiary/aromatic N) is 1. The highest BCUT2D eigenvalue weighted by Crippen LogP contribution is 2.29. The molecule has 1 atom stereocenters. The zero-order valence-electron chi connectivity index (χ0n) is 11.1. The van der Waals surface area contributed by atoms with Crippen LogP contribution in [0, 0.1) is 19.8 Å². The first kappa shape index (κ1) is 12.4. The molecule has 2 heteroatoms. The molecule has 0 radical (unpaired) electrons. The third kappa shape index (κ3) is 2.81. The number of hydrogen-bond acceptors (Lipinski definition) is 2. The smallest absolute Gasteiger partial charge is 0.0425 e. The molecule has 1 heterocycles. The molecule has 1 fully saturated rings. The predicted octanol–water partition coefficient (Wildman–Crippen LogP) is 2.87. The Labute approximate surface area is 105 Å². The van der Waals surface area contributed by atoms with Gasteiger partial charge in [-0.1, -0.05) is 18.2 Å². The molecule has 0 spiro atoms. The van der Waals surface area contributed by atoms with Gasteiger partial charge in [-0.25, -0.2) is 0 Å². The molecule has 2 N–H and O–H groups in total. The minimum Gasteiger partial charge on any atom is -0.371 e. The standard InChI is InChI=1S/C15H24N2/c1-12-5-3-6-13(2)15(12)17-10-4-7-14(11-17)8-9-16/h3,5-6,14H,4,7-11,16H2,1-2H3. The van der Waals surface area contributed by atoms with Crippen LogP contribution in [-0.2, 0) is 0 Å². The molecule has 1 aliphatic heterocycles. The number of piperidine rings is 1. The largest absolute Gasteiger partial charge is 0.371 e.